The zero-order valence-corrected chi connectivity index (χ0v) is 12.2. The van der Waals surface area contributed by atoms with Crippen LogP contribution in [-0.2, 0) is 0 Å². The molecular weight excluding hydrogens is 252 g/mol. The van der Waals surface area contributed by atoms with E-state index in [1.54, 1.807) is 11.8 Å². The Bertz CT molecular complexity index is 380. The average Bonchev–Trinajstić information content (AvgIpc) is 2.63. The summed E-state index contributed by atoms with van der Waals surface area (Å²) in [6, 6.07) is 0.539. The minimum Gasteiger partial charge on any atom is -0.382 e. The van der Waals surface area contributed by atoms with Gasteiger partial charge in [0.2, 0.25) is 0 Å². The Morgan fingerprint density at radius 2 is 2.35 bits per heavy atom. The summed E-state index contributed by atoms with van der Waals surface area (Å²) in [6.45, 7) is 4.61. The Hall–Kier alpha value is -0.460. The van der Waals surface area contributed by atoms with Crippen molar-refractivity contribution in [2.75, 3.05) is 37.4 Å². The van der Waals surface area contributed by atoms with Crippen LogP contribution in [0.4, 0.5) is 10.8 Å². The second-order valence-corrected chi connectivity index (χ2v) is 6.30. The molecule has 0 aliphatic carbocycles. The van der Waals surface area contributed by atoms with Crippen LogP contribution in [0.1, 0.15) is 13.3 Å². The molecular formula is C11H20N4S2. The van der Waals surface area contributed by atoms with Crippen molar-refractivity contribution in [3.05, 3.63) is 0 Å². The highest BCUT2D eigenvalue weighted by Gasteiger charge is 2.25. The fourth-order valence-corrected chi connectivity index (χ4v) is 3.91. The molecule has 0 saturated carbocycles. The van der Waals surface area contributed by atoms with Crippen LogP contribution in [0, 0.1) is 5.92 Å². The number of piperidine rings is 1. The predicted octanol–water partition coefficient (Wildman–Crippen LogP) is 2.20. The van der Waals surface area contributed by atoms with Crippen molar-refractivity contribution >= 4 is 34.1 Å². The maximum atomic E-state index is 5.84. The van der Waals surface area contributed by atoms with Crippen LogP contribution < -0.4 is 11.1 Å². The maximum Gasteiger partial charge on any atom is 0.153 e. The number of nitrogens with zero attached hydrogens (tertiary/aromatic N) is 2. The van der Waals surface area contributed by atoms with E-state index in [-0.39, 0.29) is 0 Å². The normalized spacial score (nSPS) is 26.1. The Balaban J connectivity index is 2.05. The van der Waals surface area contributed by atoms with Crippen molar-refractivity contribution < 1.29 is 0 Å². The average molecular weight is 272 g/mol. The predicted molar refractivity (Wildman–Crippen MR) is 77.0 cm³/mol. The smallest absolute Gasteiger partial charge is 0.153 e. The zero-order chi connectivity index (χ0) is 12.4. The van der Waals surface area contributed by atoms with E-state index in [0.717, 1.165) is 23.0 Å². The number of likely N-dealkylation sites (tertiary alicyclic amines) is 1. The van der Waals surface area contributed by atoms with E-state index >= 15 is 0 Å². The van der Waals surface area contributed by atoms with Gasteiger partial charge in [-0.1, -0.05) is 6.92 Å². The van der Waals surface area contributed by atoms with Crippen molar-refractivity contribution in [2.24, 2.45) is 5.92 Å². The molecule has 1 aliphatic rings. The number of hydrogen-bond acceptors (Lipinski definition) is 6. The van der Waals surface area contributed by atoms with E-state index in [2.05, 4.69) is 28.6 Å². The largest absolute Gasteiger partial charge is 0.382 e. The number of nitrogen functional groups attached to an aromatic ring is 1. The molecule has 2 rings (SSSR count). The first-order chi connectivity index (χ1) is 8.11. The number of rotatable bonds is 3. The molecule has 4 nitrogen and oxygen atoms in total. The van der Waals surface area contributed by atoms with E-state index in [9.17, 15) is 0 Å². The van der Waals surface area contributed by atoms with Gasteiger partial charge in [0.05, 0.1) is 4.90 Å². The summed E-state index contributed by atoms with van der Waals surface area (Å²) in [7, 11) is 2.19. The molecule has 0 amide bonds. The lowest BCUT2D eigenvalue weighted by Crippen LogP contribution is -2.43. The summed E-state index contributed by atoms with van der Waals surface area (Å²) in [5, 5.41) is 4.76. The SMILES string of the molecule is CSc1c(N)nsc1NC1CCN(C)CC1C. The molecule has 3 N–H and O–H groups in total. The number of nitrogens with one attached hydrogen (secondary N) is 1. The minimum absolute atomic E-state index is 0.539. The topological polar surface area (TPSA) is 54.2 Å². The molecule has 0 radical (unpaired) electrons. The van der Waals surface area contributed by atoms with Gasteiger partial charge in [-0.05, 0) is 43.7 Å². The third-order valence-corrected chi connectivity index (χ3v) is 5.05. The number of thioether (sulfide) groups is 1. The van der Waals surface area contributed by atoms with Crippen LogP contribution in [0.15, 0.2) is 4.90 Å². The lowest BCUT2D eigenvalue weighted by atomic mass is 9.94. The Kier molecular flexibility index (Phi) is 4.17. The molecule has 2 unspecified atom stereocenters. The maximum absolute atomic E-state index is 5.84. The Morgan fingerprint density at radius 3 is 3.00 bits per heavy atom. The Morgan fingerprint density at radius 1 is 1.59 bits per heavy atom. The monoisotopic (exact) mass is 272 g/mol. The van der Waals surface area contributed by atoms with Crippen LogP contribution in [0.2, 0.25) is 0 Å². The van der Waals surface area contributed by atoms with Crippen molar-refractivity contribution in [1.29, 1.82) is 0 Å². The summed E-state index contributed by atoms with van der Waals surface area (Å²) in [5.74, 6) is 1.32. The van der Waals surface area contributed by atoms with Gasteiger partial charge in [-0.25, -0.2) is 0 Å². The molecule has 0 bridgehead atoms. The molecule has 1 aromatic rings. The van der Waals surface area contributed by atoms with Gasteiger partial charge in [-0.3, -0.25) is 0 Å². The lowest BCUT2D eigenvalue weighted by molar-refractivity contribution is 0.206. The molecule has 1 aliphatic heterocycles. The summed E-state index contributed by atoms with van der Waals surface area (Å²) in [6.07, 6.45) is 3.23. The highest BCUT2D eigenvalue weighted by atomic mass is 32.2. The van der Waals surface area contributed by atoms with Crippen molar-refractivity contribution in [3.8, 4) is 0 Å². The molecule has 6 heteroatoms. The second-order valence-electron chi connectivity index (χ2n) is 4.71. The third-order valence-electron chi connectivity index (χ3n) is 3.30. The van der Waals surface area contributed by atoms with Crippen molar-refractivity contribution in [1.82, 2.24) is 9.27 Å². The van der Waals surface area contributed by atoms with Gasteiger partial charge in [0.25, 0.3) is 0 Å². The summed E-state index contributed by atoms with van der Waals surface area (Å²) < 4.78 is 4.22. The molecule has 0 spiro atoms. The standard InChI is InChI=1S/C11H20N4S2/c1-7-6-15(2)5-4-8(7)13-11-9(16-3)10(12)14-17-11/h7-8,13H,4-6H2,1-3H3,(H2,12,14). The van der Waals surface area contributed by atoms with E-state index in [4.69, 9.17) is 5.73 Å². The first kappa shape index (κ1) is 13.0. The number of hydrogen-bond donors (Lipinski definition) is 2. The number of nitrogens with two attached hydrogens (primary N) is 1. The number of aromatic nitrogens is 1. The minimum atomic E-state index is 0.539. The fraction of sp³-hybridized carbons (Fsp3) is 0.727. The molecule has 1 fully saturated rings. The Labute approximate surface area is 111 Å². The second kappa shape index (κ2) is 5.46. The first-order valence-electron chi connectivity index (χ1n) is 5.86. The van der Waals surface area contributed by atoms with Crippen LogP contribution in [0.5, 0.6) is 0 Å². The van der Waals surface area contributed by atoms with Gasteiger partial charge in [-0.15, -0.1) is 11.8 Å². The van der Waals surface area contributed by atoms with Crippen molar-refractivity contribution in [3.63, 3.8) is 0 Å². The molecule has 96 valence electrons. The number of anilines is 2. The highest BCUT2D eigenvalue weighted by Crippen LogP contribution is 2.36. The van der Waals surface area contributed by atoms with E-state index in [1.165, 1.54) is 18.0 Å². The van der Waals surface area contributed by atoms with E-state index in [0.29, 0.717) is 17.8 Å². The van der Waals surface area contributed by atoms with Gasteiger partial charge in [0.1, 0.15) is 5.00 Å². The molecule has 0 aromatic carbocycles. The molecule has 17 heavy (non-hydrogen) atoms. The van der Waals surface area contributed by atoms with Gasteiger partial charge in [0, 0.05) is 12.6 Å². The first-order valence-corrected chi connectivity index (χ1v) is 7.86. The van der Waals surface area contributed by atoms with Gasteiger partial charge < -0.3 is 16.0 Å². The third kappa shape index (κ3) is 2.86. The summed E-state index contributed by atoms with van der Waals surface area (Å²) >= 11 is 3.15. The van der Waals surface area contributed by atoms with Crippen LogP contribution >= 0.6 is 23.3 Å². The van der Waals surface area contributed by atoms with Gasteiger partial charge in [-0.2, -0.15) is 4.37 Å². The molecule has 2 atom stereocenters. The quantitative estimate of drug-likeness (QED) is 0.826. The van der Waals surface area contributed by atoms with Crippen LogP contribution in [-0.4, -0.2) is 41.7 Å². The summed E-state index contributed by atoms with van der Waals surface area (Å²) in [4.78, 5) is 3.49. The zero-order valence-electron chi connectivity index (χ0n) is 10.6. The van der Waals surface area contributed by atoms with Crippen LogP contribution in [0.3, 0.4) is 0 Å². The highest BCUT2D eigenvalue weighted by molar-refractivity contribution is 7.99. The molecule has 2 heterocycles. The van der Waals surface area contributed by atoms with Gasteiger partial charge >= 0.3 is 0 Å². The molecule has 1 saturated heterocycles. The van der Waals surface area contributed by atoms with Crippen LogP contribution in [0.25, 0.3) is 0 Å². The molecule has 1 aromatic heterocycles. The van der Waals surface area contributed by atoms with E-state index < -0.39 is 0 Å². The van der Waals surface area contributed by atoms with E-state index in [1.807, 2.05) is 6.26 Å². The van der Waals surface area contributed by atoms with Gasteiger partial charge in [0.15, 0.2) is 5.82 Å². The van der Waals surface area contributed by atoms with Crippen molar-refractivity contribution in [2.45, 2.75) is 24.3 Å². The lowest BCUT2D eigenvalue weighted by Gasteiger charge is -2.35. The summed E-state index contributed by atoms with van der Waals surface area (Å²) in [5.41, 5.74) is 5.84. The fourth-order valence-electron chi connectivity index (χ4n) is 2.32.